The van der Waals surface area contributed by atoms with Crippen molar-refractivity contribution in [3.63, 3.8) is 0 Å². The van der Waals surface area contributed by atoms with Crippen LogP contribution in [-0.2, 0) is 0 Å². The Hall–Kier alpha value is -0.340. The fourth-order valence-electron chi connectivity index (χ4n) is 5.20. The van der Waals surface area contributed by atoms with Crippen molar-refractivity contribution >= 4 is 0 Å². The number of unbranched alkanes of at least 4 members (excludes halogenated alkanes) is 15. The molecule has 2 heteroatoms. The van der Waals surface area contributed by atoms with Crippen LogP contribution in [0.2, 0.25) is 0 Å². The number of hydrogen-bond acceptors (Lipinski definition) is 2. The van der Waals surface area contributed by atoms with Crippen LogP contribution in [0.15, 0.2) is 11.6 Å². The molecule has 0 saturated heterocycles. The van der Waals surface area contributed by atoms with Crippen LogP contribution in [0.1, 0.15) is 156 Å². The number of nitrogens with one attached hydrogen (secondary N) is 2. The molecule has 0 amide bonds. The maximum absolute atomic E-state index is 3.97. The Kier molecular flexibility index (Phi) is 20.8. The van der Waals surface area contributed by atoms with E-state index in [0.29, 0.717) is 12.1 Å². The van der Waals surface area contributed by atoms with E-state index in [1.54, 1.807) is 5.57 Å². The molecular weight excluding hydrogens is 388 g/mol. The smallest absolute Gasteiger partial charge is 0.0435 e. The Morgan fingerprint density at radius 1 is 0.625 bits per heavy atom. The van der Waals surface area contributed by atoms with Crippen LogP contribution < -0.4 is 10.6 Å². The number of hydrogen-bond donors (Lipinski definition) is 2. The fourth-order valence-corrected chi connectivity index (χ4v) is 5.20. The van der Waals surface area contributed by atoms with Gasteiger partial charge in [-0.2, -0.15) is 0 Å². The van der Waals surface area contributed by atoms with Crippen LogP contribution in [0.4, 0.5) is 0 Å². The summed E-state index contributed by atoms with van der Waals surface area (Å²) < 4.78 is 0. The van der Waals surface area contributed by atoms with Gasteiger partial charge < -0.3 is 10.6 Å². The Bertz CT molecular complexity index is 417. The normalized spacial score (nSPS) is 20.3. The van der Waals surface area contributed by atoms with Crippen molar-refractivity contribution in [3.8, 4) is 0 Å². The quantitative estimate of drug-likeness (QED) is 0.127. The lowest BCUT2D eigenvalue weighted by Crippen LogP contribution is -2.51. The van der Waals surface area contributed by atoms with E-state index in [2.05, 4.69) is 37.5 Å². The highest BCUT2D eigenvalue weighted by atomic mass is 15.0. The molecule has 0 aromatic heterocycles. The largest absolute Gasteiger partial charge is 0.312 e. The van der Waals surface area contributed by atoms with Crippen LogP contribution in [0.25, 0.3) is 0 Å². The molecule has 1 aliphatic carbocycles. The van der Waals surface area contributed by atoms with Gasteiger partial charge in [-0.05, 0) is 58.0 Å². The standard InChI is InChI=1S/C30H60N2/c1-4-7-10-12-13-14-15-16-17-18-19-20-23-28-24-22-25-29(31-26-9-6-3)30(28)32-27-21-11-8-5-2/h23,29-32H,4-22,24-27H2,1-3H3/b28-23-/t29-,30-/m1/s1. The molecule has 0 aromatic carbocycles. The van der Waals surface area contributed by atoms with Gasteiger partial charge in [-0.3, -0.25) is 0 Å². The molecule has 1 aliphatic rings. The summed E-state index contributed by atoms with van der Waals surface area (Å²) in [4.78, 5) is 0. The summed E-state index contributed by atoms with van der Waals surface area (Å²) in [5.74, 6) is 0. The van der Waals surface area contributed by atoms with Crippen molar-refractivity contribution in [3.05, 3.63) is 11.6 Å². The van der Waals surface area contributed by atoms with Crippen LogP contribution in [0, 0.1) is 0 Å². The summed E-state index contributed by atoms with van der Waals surface area (Å²) in [6.07, 6.45) is 31.8. The van der Waals surface area contributed by atoms with Gasteiger partial charge in [0, 0.05) is 12.1 Å². The zero-order chi connectivity index (χ0) is 23.1. The molecule has 1 rings (SSSR count). The van der Waals surface area contributed by atoms with E-state index in [0.717, 1.165) is 0 Å². The lowest BCUT2D eigenvalue weighted by atomic mass is 9.84. The van der Waals surface area contributed by atoms with Crippen LogP contribution in [0.3, 0.4) is 0 Å². The first kappa shape index (κ1) is 29.7. The van der Waals surface area contributed by atoms with Gasteiger partial charge in [-0.1, -0.05) is 122 Å². The van der Waals surface area contributed by atoms with Gasteiger partial charge in [0.05, 0.1) is 0 Å². The highest BCUT2D eigenvalue weighted by Crippen LogP contribution is 2.26. The Balaban J connectivity index is 2.28. The van der Waals surface area contributed by atoms with Gasteiger partial charge in [0.25, 0.3) is 0 Å². The summed E-state index contributed by atoms with van der Waals surface area (Å²) in [5, 5.41) is 7.87. The van der Waals surface area contributed by atoms with Gasteiger partial charge in [0.1, 0.15) is 0 Å². The third-order valence-corrected chi connectivity index (χ3v) is 7.33. The molecule has 0 aromatic rings. The summed E-state index contributed by atoms with van der Waals surface area (Å²) in [7, 11) is 0. The molecule has 1 saturated carbocycles. The van der Waals surface area contributed by atoms with Gasteiger partial charge in [0.15, 0.2) is 0 Å². The number of allylic oxidation sites excluding steroid dienone is 1. The predicted octanol–water partition coefficient (Wildman–Crippen LogP) is 9.09. The second kappa shape index (κ2) is 22.5. The van der Waals surface area contributed by atoms with Gasteiger partial charge in [-0.15, -0.1) is 0 Å². The lowest BCUT2D eigenvalue weighted by molar-refractivity contribution is 0.335. The molecule has 0 aliphatic heterocycles. The minimum absolute atomic E-state index is 0.579. The summed E-state index contributed by atoms with van der Waals surface area (Å²) in [6, 6.07) is 1.22. The van der Waals surface area contributed by atoms with Crippen molar-refractivity contribution in [2.75, 3.05) is 13.1 Å². The zero-order valence-electron chi connectivity index (χ0n) is 22.5. The van der Waals surface area contributed by atoms with Crippen LogP contribution in [0.5, 0.6) is 0 Å². The van der Waals surface area contributed by atoms with Crippen molar-refractivity contribution in [1.82, 2.24) is 10.6 Å². The van der Waals surface area contributed by atoms with Crippen molar-refractivity contribution in [2.24, 2.45) is 0 Å². The minimum Gasteiger partial charge on any atom is -0.312 e. The van der Waals surface area contributed by atoms with Crippen molar-refractivity contribution < 1.29 is 0 Å². The highest BCUT2D eigenvalue weighted by molar-refractivity contribution is 5.17. The lowest BCUT2D eigenvalue weighted by Gasteiger charge is -2.36. The first-order valence-corrected chi connectivity index (χ1v) is 15.0. The summed E-state index contributed by atoms with van der Waals surface area (Å²) in [6.45, 7) is 9.27. The first-order valence-electron chi connectivity index (χ1n) is 15.0. The van der Waals surface area contributed by atoms with Gasteiger partial charge in [0.2, 0.25) is 0 Å². The van der Waals surface area contributed by atoms with E-state index in [-0.39, 0.29) is 0 Å². The molecule has 0 radical (unpaired) electrons. The average molecular weight is 449 g/mol. The number of rotatable bonds is 22. The highest BCUT2D eigenvalue weighted by Gasteiger charge is 2.27. The van der Waals surface area contributed by atoms with Gasteiger partial charge in [-0.25, -0.2) is 0 Å². The van der Waals surface area contributed by atoms with E-state index in [4.69, 9.17) is 0 Å². The van der Waals surface area contributed by atoms with E-state index >= 15 is 0 Å². The van der Waals surface area contributed by atoms with E-state index < -0.39 is 0 Å². The molecule has 0 unspecified atom stereocenters. The minimum atomic E-state index is 0.579. The van der Waals surface area contributed by atoms with Crippen LogP contribution in [-0.4, -0.2) is 25.2 Å². The van der Waals surface area contributed by atoms with Gasteiger partial charge >= 0.3 is 0 Å². The molecule has 2 nitrogen and oxygen atoms in total. The topological polar surface area (TPSA) is 24.1 Å². The predicted molar refractivity (Wildman–Crippen MR) is 146 cm³/mol. The average Bonchev–Trinajstić information content (AvgIpc) is 2.81. The monoisotopic (exact) mass is 448 g/mol. The Labute approximate surface area is 203 Å². The molecule has 32 heavy (non-hydrogen) atoms. The molecular formula is C30H60N2. The van der Waals surface area contributed by atoms with E-state index in [1.807, 2.05) is 0 Å². The van der Waals surface area contributed by atoms with E-state index in [1.165, 1.54) is 148 Å². The van der Waals surface area contributed by atoms with E-state index in [9.17, 15) is 0 Å². The third kappa shape index (κ3) is 15.5. The molecule has 190 valence electrons. The zero-order valence-corrected chi connectivity index (χ0v) is 22.5. The Morgan fingerprint density at radius 3 is 1.78 bits per heavy atom. The molecule has 2 N–H and O–H groups in total. The summed E-state index contributed by atoms with van der Waals surface area (Å²) >= 11 is 0. The molecule has 0 heterocycles. The van der Waals surface area contributed by atoms with Crippen molar-refractivity contribution in [1.29, 1.82) is 0 Å². The second-order valence-electron chi connectivity index (χ2n) is 10.4. The molecule has 1 fully saturated rings. The molecule has 0 bridgehead atoms. The second-order valence-corrected chi connectivity index (χ2v) is 10.4. The van der Waals surface area contributed by atoms with Crippen molar-refractivity contribution in [2.45, 2.75) is 168 Å². The maximum Gasteiger partial charge on any atom is 0.0435 e. The SMILES string of the molecule is CCCCCCCCCCCCC/C=C1/CCC[C@@H](NCCCC)[C@@H]1NCCCCCC. The Morgan fingerprint density at radius 2 is 1.16 bits per heavy atom. The third-order valence-electron chi connectivity index (χ3n) is 7.33. The molecule has 0 spiro atoms. The molecule has 2 atom stereocenters. The van der Waals surface area contributed by atoms with Crippen LogP contribution >= 0.6 is 0 Å². The first-order chi connectivity index (χ1) is 15.8. The fraction of sp³-hybridized carbons (Fsp3) is 0.933. The summed E-state index contributed by atoms with van der Waals surface area (Å²) in [5.41, 5.74) is 1.72. The maximum atomic E-state index is 3.97.